The Morgan fingerprint density at radius 1 is 1.17 bits per heavy atom. The standard InChI is InChI=1S/C14H19N3.ClH/c1-10-11(2)16-13-12(10)6-7-15-14(13)17-8-4-3-5-9-17;/h6-7,16H,3-5,8-9H2,1-2H3;1H. The van der Waals surface area contributed by atoms with Crippen molar-refractivity contribution in [2.45, 2.75) is 33.1 Å². The lowest BCUT2D eigenvalue weighted by molar-refractivity contribution is 0.574. The van der Waals surface area contributed by atoms with Crippen LogP contribution in [-0.2, 0) is 0 Å². The molecule has 0 unspecified atom stereocenters. The normalized spacial score (nSPS) is 15.8. The molecule has 18 heavy (non-hydrogen) atoms. The Bertz CT molecular complexity index is 541. The summed E-state index contributed by atoms with van der Waals surface area (Å²) in [6, 6.07) is 2.11. The van der Waals surface area contributed by atoms with Crippen molar-refractivity contribution < 1.29 is 0 Å². The van der Waals surface area contributed by atoms with Gasteiger partial charge in [-0.1, -0.05) is 0 Å². The average Bonchev–Trinajstić information content (AvgIpc) is 2.67. The Morgan fingerprint density at radius 2 is 1.89 bits per heavy atom. The highest BCUT2D eigenvalue weighted by molar-refractivity contribution is 5.92. The fraction of sp³-hybridized carbons (Fsp3) is 0.500. The molecule has 1 N–H and O–H groups in total. The van der Waals surface area contributed by atoms with Crippen LogP contribution in [0.2, 0.25) is 0 Å². The largest absolute Gasteiger partial charge is 0.355 e. The molecule has 98 valence electrons. The lowest BCUT2D eigenvalue weighted by Gasteiger charge is -2.28. The molecule has 4 heteroatoms. The summed E-state index contributed by atoms with van der Waals surface area (Å²) in [6.45, 7) is 6.59. The number of H-pyrrole nitrogens is 1. The molecule has 0 saturated carbocycles. The lowest BCUT2D eigenvalue weighted by atomic mass is 10.1. The Hall–Kier alpha value is -1.22. The van der Waals surface area contributed by atoms with E-state index in [0.717, 1.165) is 18.9 Å². The van der Waals surface area contributed by atoms with Crippen LogP contribution in [0.5, 0.6) is 0 Å². The zero-order valence-electron chi connectivity index (χ0n) is 11.0. The van der Waals surface area contributed by atoms with E-state index in [0.29, 0.717) is 0 Å². The van der Waals surface area contributed by atoms with Crippen molar-refractivity contribution in [3.05, 3.63) is 23.5 Å². The topological polar surface area (TPSA) is 31.9 Å². The Kier molecular flexibility index (Phi) is 3.81. The molecule has 1 aliphatic heterocycles. The molecule has 3 nitrogen and oxygen atoms in total. The minimum Gasteiger partial charge on any atom is -0.355 e. The molecule has 0 aliphatic carbocycles. The monoisotopic (exact) mass is 265 g/mol. The fourth-order valence-corrected chi connectivity index (χ4v) is 2.72. The van der Waals surface area contributed by atoms with E-state index >= 15 is 0 Å². The predicted octanol–water partition coefficient (Wildman–Crippen LogP) is 3.59. The van der Waals surface area contributed by atoms with Crippen molar-refractivity contribution in [1.82, 2.24) is 9.97 Å². The number of rotatable bonds is 1. The number of piperidine rings is 1. The van der Waals surface area contributed by atoms with E-state index < -0.39 is 0 Å². The molecule has 0 aromatic carbocycles. The van der Waals surface area contributed by atoms with Crippen molar-refractivity contribution in [3.63, 3.8) is 0 Å². The highest BCUT2D eigenvalue weighted by atomic mass is 35.5. The van der Waals surface area contributed by atoms with Crippen molar-refractivity contribution in [2.24, 2.45) is 0 Å². The fourth-order valence-electron chi connectivity index (χ4n) is 2.72. The molecule has 1 aliphatic rings. The number of halogens is 1. The second-order valence-corrected chi connectivity index (χ2v) is 4.98. The first-order valence-electron chi connectivity index (χ1n) is 6.46. The van der Waals surface area contributed by atoms with Gasteiger partial charge in [0.15, 0.2) is 5.82 Å². The van der Waals surface area contributed by atoms with Gasteiger partial charge >= 0.3 is 0 Å². The third-order valence-electron chi connectivity index (χ3n) is 3.87. The smallest absolute Gasteiger partial charge is 0.152 e. The number of fused-ring (bicyclic) bond motifs is 1. The van der Waals surface area contributed by atoms with Crippen molar-refractivity contribution >= 4 is 29.1 Å². The van der Waals surface area contributed by atoms with Crippen LogP contribution in [0.15, 0.2) is 12.3 Å². The zero-order valence-corrected chi connectivity index (χ0v) is 11.8. The predicted molar refractivity (Wildman–Crippen MR) is 78.9 cm³/mol. The molecule has 1 fully saturated rings. The minimum atomic E-state index is 0. The summed E-state index contributed by atoms with van der Waals surface area (Å²) in [5.74, 6) is 1.14. The third kappa shape index (κ3) is 2.07. The van der Waals surface area contributed by atoms with Gasteiger partial charge in [0.25, 0.3) is 0 Å². The van der Waals surface area contributed by atoms with E-state index in [1.165, 1.54) is 41.4 Å². The van der Waals surface area contributed by atoms with Gasteiger partial charge in [0, 0.05) is 30.4 Å². The number of hydrogen-bond acceptors (Lipinski definition) is 2. The van der Waals surface area contributed by atoms with Gasteiger partial charge in [-0.2, -0.15) is 0 Å². The second kappa shape index (κ2) is 5.19. The molecule has 1 saturated heterocycles. The first-order valence-corrected chi connectivity index (χ1v) is 6.46. The molecule has 2 aromatic heterocycles. The highest BCUT2D eigenvalue weighted by Crippen LogP contribution is 2.29. The summed E-state index contributed by atoms with van der Waals surface area (Å²) in [4.78, 5) is 10.5. The van der Waals surface area contributed by atoms with Gasteiger partial charge in [0.2, 0.25) is 0 Å². The number of nitrogens with zero attached hydrogens (tertiary/aromatic N) is 2. The SMILES string of the molecule is Cc1[nH]c2c(N3CCCCC3)nccc2c1C.Cl. The van der Waals surface area contributed by atoms with Crippen LogP contribution in [0, 0.1) is 13.8 Å². The Labute approximate surface area is 114 Å². The minimum absolute atomic E-state index is 0. The lowest BCUT2D eigenvalue weighted by Crippen LogP contribution is -2.30. The average molecular weight is 266 g/mol. The highest BCUT2D eigenvalue weighted by Gasteiger charge is 2.16. The Balaban J connectivity index is 0.00000120. The van der Waals surface area contributed by atoms with Gasteiger partial charge in [0.05, 0.1) is 5.52 Å². The van der Waals surface area contributed by atoms with Crippen molar-refractivity contribution in [3.8, 4) is 0 Å². The van der Waals surface area contributed by atoms with E-state index in [1.54, 1.807) is 0 Å². The summed E-state index contributed by atoms with van der Waals surface area (Å²) in [5, 5.41) is 1.32. The second-order valence-electron chi connectivity index (χ2n) is 4.98. The van der Waals surface area contributed by atoms with Crippen LogP contribution in [0.25, 0.3) is 10.9 Å². The van der Waals surface area contributed by atoms with Crippen LogP contribution in [0.1, 0.15) is 30.5 Å². The molecule has 0 bridgehead atoms. The van der Waals surface area contributed by atoms with Gasteiger partial charge < -0.3 is 9.88 Å². The number of pyridine rings is 1. The third-order valence-corrected chi connectivity index (χ3v) is 3.87. The molecule has 3 rings (SSSR count). The molecular formula is C14H20ClN3. The van der Waals surface area contributed by atoms with Crippen LogP contribution in [-0.4, -0.2) is 23.1 Å². The van der Waals surface area contributed by atoms with Gasteiger partial charge in [0.1, 0.15) is 0 Å². The maximum Gasteiger partial charge on any atom is 0.152 e. The van der Waals surface area contributed by atoms with Gasteiger partial charge in [-0.05, 0) is 44.7 Å². The number of nitrogens with one attached hydrogen (secondary N) is 1. The zero-order chi connectivity index (χ0) is 11.8. The number of hydrogen-bond donors (Lipinski definition) is 1. The summed E-state index contributed by atoms with van der Waals surface area (Å²) in [5.41, 5.74) is 3.82. The van der Waals surface area contributed by atoms with Crippen molar-refractivity contribution in [1.29, 1.82) is 0 Å². The molecule has 2 aromatic rings. The first kappa shape index (κ1) is 13.2. The summed E-state index contributed by atoms with van der Waals surface area (Å²) < 4.78 is 0. The van der Waals surface area contributed by atoms with Crippen LogP contribution < -0.4 is 4.90 Å². The first-order chi connectivity index (χ1) is 8.27. The molecule has 0 spiro atoms. The maximum absolute atomic E-state index is 4.58. The summed E-state index contributed by atoms with van der Waals surface area (Å²) in [6.07, 6.45) is 5.87. The van der Waals surface area contributed by atoms with Gasteiger partial charge in [-0.25, -0.2) is 4.98 Å². The molecule has 0 radical (unpaired) electrons. The summed E-state index contributed by atoms with van der Waals surface area (Å²) in [7, 11) is 0. The maximum atomic E-state index is 4.58. The number of aromatic nitrogens is 2. The molecular weight excluding hydrogens is 246 g/mol. The van der Waals surface area contributed by atoms with Crippen molar-refractivity contribution in [2.75, 3.05) is 18.0 Å². The van der Waals surface area contributed by atoms with Gasteiger partial charge in [-0.15, -0.1) is 12.4 Å². The van der Waals surface area contributed by atoms with Gasteiger partial charge in [-0.3, -0.25) is 0 Å². The van der Waals surface area contributed by atoms with Crippen LogP contribution in [0.3, 0.4) is 0 Å². The molecule has 0 atom stereocenters. The molecule has 0 amide bonds. The van der Waals surface area contributed by atoms with E-state index in [9.17, 15) is 0 Å². The van der Waals surface area contributed by atoms with E-state index in [1.807, 2.05) is 6.20 Å². The summed E-state index contributed by atoms with van der Waals surface area (Å²) >= 11 is 0. The number of aryl methyl sites for hydroxylation is 2. The van der Waals surface area contributed by atoms with Crippen LogP contribution in [0.4, 0.5) is 5.82 Å². The Morgan fingerprint density at radius 3 is 2.61 bits per heavy atom. The quantitative estimate of drug-likeness (QED) is 0.855. The van der Waals surface area contributed by atoms with E-state index in [4.69, 9.17) is 0 Å². The number of aromatic amines is 1. The van der Waals surface area contributed by atoms with E-state index in [-0.39, 0.29) is 12.4 Å². The molecule has 3 heterocycles. The van der Waals surface area contributed by atoms with E-state index in [2.05, 4.69) is 34.8 Å². The number of anilines is 1. The van der Waals surface area contributed by atoms with Crippen LogP contribution >= 0.6 is 12.4 Å².